The molecular weight excluding hydrogens is 530 g/mol. The molecule has 3 heterocycles. The van der Waals surface area contributed by atoms with Crippen molar-refractivity contribution in [3.8, 4) is 0 Å². The lowest BCUT2D eigenvalue weighted by atomic mass is 10.1. The number of hydrogen-bond donors (Lipinski definition) is 6. The molecule has 22 heteroatoms. The van der Waals surface area contributed by atoms with Crippen molar-refractivity contribution in [3.63, 3.8) is 0 Å². The van der Waals surface area contributed by atoms with Crippen LogP contribution in [0.2, 0.25) is 0 Å². The molecule has 17 nitrogen and oxygen atoms in total. The summed E-state index contributed by atoms with van der Waals surface area (Å²) in [4.78, 5) is 38.7. The number of phosphoric acid groups is 2. The zero-order chi connectivity index (χ0) is 24.8. The maximum atomic E-state index is 12.1. The van der Waals surface area contributed by atoms with Crippen LogP contribution in [0, 0.1) is 0 Å². The Hall–Kier alpha value is -0.905. The molecule has 2 aromatic heterocycles. The van der Waals surface area contributed by atoms with Crippen molar-refractivity contribution < 1.29 is 56.5 Å². The third-order valence-electron chi connectivity index (χ3n) is 4.07. The summed E-state index contributed by atoms with van der Waals surface area (Å²) >= 11 is 1.20. The minimum absolute atomic E-state index is 0.0724. The fourth-order valence-corrected chi connectivity index (χ4v) is 6.31. The minimum atomic E-state index is -5.59. The van der Waals surface area contributed by atoms with Gasteiger partial charge >= 0.3 is 15.6 Å². The molecule has 33 heavy (non-hydrogen) atoms. The van der Waals surface area contributed by atoms with E-state index in [2.05, 4.69) is 28.1 Å². The molecule has 6 atom stereocenters. The lowest BCUT2D eigenvalue weighted by molar-refractivity contribution is -0.0479. The van der Waals surface area contributed by atoms with Gasteiger partial charge in [0.15, 0.2) is 22.8 Å². The Balaban J connectivity index is 1.73. The van der Waals surface area contributed by atoms with E-state index >= 15 is 0 Å². The van der Waals surface area contributed by atoms with Crippen LogP contribution in [-0.4, -0.2) is 83.2 Å². The van der Waals surface area contributed by atoms with Crippen LogP contribution >= 0.6 is 34.9 Å². The molecule has 1 saturated heterocycles. The van der Waals surface area contributed by atoms with Crippen molar-refractivity contribution in [2.75, 3.05) is 18.6 Å². The van der Waals surface area contributed by atoms with Crippen LogP contribution in [0.25, 0.3) is 11.2 Å². The first-order valence-electron chi connectivity index (χ1n) is 8.52. The van der Waals surface area contributed by atoms with Crippen LogP contribution in [-0.2, 0) is 31.6 Å². The molecule has 1 aliphatic heterocycles. The summed E-state index contributed by atoms with van der Waals surface area (Å²) in [6.45, 7) is -0.835. The van der Waals surface area contributed by atoms with Crippen molar-refractivity contribution in [3.05, 3.63) is 6.33 Å². The molecule has 7 N–H and O–H groups in total. The monoisotopic (exact) mass is 547 g/mol. The van der Waals surface area contributed by atoms with E-state index in [9.17, 15) is 28.8 Å². The Bertz CT molecular complexity index is 1180. The van der Waals surface area contributed by atoms with E-state index in [1.54, 1.807) is 6.26 Å². The second kappa shape index (κ2) is 9.62. The normalized spacial score (nSPS) is 27.5. The van der Waals surface area contributed by atoms with Gasteiger partial charge in [-0.2, -0.15) is 4.31 Å². The average Bonchev–Trinajstić information content (AvgIpc) is 3.19. The number of rotatable bonds is 9. The molecule has 0 saturated carbocycles. The third-order valence-corrected chi connectivity index (χ3v) is 8.54. The van der Waals surface area contributed by atoms with Gasteiger partial charge in [-0.1, -0.05) is 11.8 Å². The smallest absolute Gasteiger partial charge is 0.443 e. The quantitative estimate of drug-likeness (QED) is 0.0978. The fraction of sp³-hybridized carbons (Fsp3) is 0.545. The Labute approximate surface area is 190 Å². The number of aromatic nitrogens is 4. The molecule has 0 aromatic carbocycles. The zero-order valence-electron chi connectivity index (χ0n) is 16.4. The number of hydrogen-bond acceptors (Lipinski definition) is 14. The van der Waals surface area contributed by atoms with E-state index in [4.69, 9.17) is 27.8 Å². The third kappa shape index (κ3) is 6.41. The summed E-state index contributed by atoms with van der Waals surface area (Å²) in [5.74, 6) is 0.0724. The number of thioether (sulfide) groups is 1. The van der Waals surface area contributed by atoms with Gasteiger partial charge in [0.05, 0.1) is 20.4 Å². The van der Waals surface area contributed by atoms with Crippen molar-refractivity contribution in [1.82, 2.24) is 19.5 Å². The van der Waals surface area contributed by atoms with E-state index in [1.165, 1.54) is 22.7 Å². The summed E-state index contributed by atoms with van der Waals surface area (Å²) in [6.07, 6.45) is -2.89. The molecule has 3 radical (unpaired) electrons. The van der Waals surface area contributed by atoms with Crippen LogP contribution in [0.15, 0.2) is 11.5 Å². The van der Waals surface area contributed by atoms with Gasteiger partial charge in [0, 0.05) is 0 Å². The lowest BCUT2D eigenvalue weighted by Gasteiger charge is -2.29. The Morgan fingerprint density at radius 2 is 1.88 bits per heavy atom. The van der Waals surface area contributed by atoms with E-state index < -0.39 is 54.3 Å². The van der Waals surface area contributed by atoms with Crippen LogP contribution < -0.4 is 5.73 Å². The second-order valence-electron chi connectivity index (χ2n) is 6.42. The van der Waals surface area contributed by atoms with Gasteiger partial charge in [-0.15, -0.1) is 0 Å². The molecule has 0 spiro atoms. The number of nitrogen functional groups attached to an aromatic ring is 1. The standard InChI is InChI=1S/C11H17BN5O12P3S/c1-33-11-15-8(13)5-9(16-11)17(3-14-5)10-7(19)6(18)4(27-10)2-26-30(12,20)28-32(24,25)29-31(21,22)23/h3-4,6-7,10,18-19H,2H2,1H3,(H,24,25)(H2,13,15,16)(H2,21,22,23)/q-1/t4-,6-,7-,10-,30?/m1/s1. The van der Waals surface area contributed by atoms with Crippen molar-refractivity contribution in [2.24, 2.45) is 0 Å². The largest absolute Gasteiger partial charge is 0.485 e. The number of nitrogens with two attached hydrogens (primary N) is 1. The minimum Gasteiger partial charge on any atom is -0.443 e. The molecule has 2 unspecified atom stereocenters. The van der Waals surface area contributed by atoms with E-state index in [0.29, 0.717) is 5.16 Å². The molecule has 3 rings (SSSR count). The number of nitrogens with zero attached hydrogens (tertiary/aromatic N) is 4. The van der Waals surface area contributed by atoms with Gasteiger partial charge in [0.2, 0.25) is 0 Å². The van der Waals surface area contributed by atoms with Crippen LogP contribution in [0.5, 0.6) is 0 Å². The maximum Gasteiger partial charge on any atom is 0.485 e. The topological polar surface area (TPSA) is 259 Å². The number of fused-ring (bicyclic) bond motifs is 1. The average molecular weight is 547 g/mol. The highest BCUT2D eigenvalue weighted by molar-refractivity contribution is 7.98. The second-order valence-corrected chi connectivity index (χ2v) is 11.8. The summed E-state index contributed by atoms with van der Waals surface area (Å²) < 4.78 is 53.2. The number of aliphatic hydroxyl groups is 2. The predicted octanol–water partition coefficient (Wildman–Crippen LogP) is -0.731. The molecule has 1 fully saturated rings. The van der Waals surface area contributed by atoms with E-state index in [1.807, 2.05) is 0 Å². The summed E-state index contributed by atoms with van der Waals surface area (Å²) in [7, 11) is -10.9. The van der Waals surface area contributed by atoms with Crippen LogP contribution in [0.3, 0.4) is 0 Å². The number of aliphatic hydroxyl groups excluding tert-OH is 2. The maximum absolute atomic E-state index is 12.1. The van der Waals surface area contributed by atoms with Gasteiger partial charge in [-0.25, -0.2) is 28.4 Å². The van der Waals surface area contributed by atoms with Gasteiger partial charge in [0.25, 0.3) is 0 Å². The van der Waals surface area contributed by atoms with Crippen molar-refractivity contribution in [1.29, 1.82) is 0 Å². The van der Waals surface area contributed by atoms with Crippen LogP contribution in [0.1, 0.15) is 6.23 Å². The highest BCUT2D eigenvalue weighted by atomic mass is 32.2. The first kappa shape index (κ1) is 26.7. The molecule has 0 bridgehead atoms. The first-order chi connectivity index (χ1) is 15.1. The van der Waals surface area contributed by atoms with E-state index in [-0.39, 0.29) is 17.0 Å². The number of imidazole rings is 1. The first-order valence-corrected chi connectivity index (χ1v) is 14.4. The fourth-order valence-electron chi connectivity index (χ4n) is 2.79. The number of anilines is 1. The number of ether oxygens (including phenoxy) is 1. The molecular formula is C11H17BN5O12P3S-. The van der Waals surface area contributed by atoms with Gasteiger partial charge in [-0.05, 0) is 6.26 Å². The van der Waals surface area contributed by atoms with Crippen LogP contribution in [0.4, 0.5) is 5.82 Å². The predicted molar refractivity (Wildman–Crippen MR) is 111 cm³/mol. The highest BCUT2D eigenvalue weighted by Gasteiger charge is 2.45. The molecule has 1 aliphatic rings. The van der Waals surface area contributed by atoms with Gasteiger partial charge in [0.1, 0.15) is 23.8 Å². The molecule has 2 aromatic rings. The van der Waals surface area contributed by atoms with Gasteiger partial charge in [-0.3, -0.25) is 4.57 Å². The molecule has 0 aliphatic carbocycles. The summed E-state index contributed by atoms with van der Waals surface area (Å²) in [6, 6.07) is 0. The Morgan fingerprint density at radius 3 is 2.48 bits per heavy atom. The SMILES string of the molecule is [B-]P(=O)(OC[C@H]1O[C@@H](n2cnc3c(N)nc(SC)nc32)[C@H](O)[C@@H]1O)OP(=O)(O)OP(=O)(O)O. The summed E-state index contributed by atoms with van der Waals surface area (Å²) in [5.41, 5.74) is 6.24. The Kier molecular flexibility index (Phi) is 7.79. The highest BCUT2D eigenvalue weighted by Crippen LogP contribution is 2.66. The van der Waals surface area contributed by atoms with Crippen molar-refractivity contribution in [2.45, 2.75) is 29.7 Å². The lowest BCUT2D eigenvalue weighted by Crippen LogP contribution is -2.33. The zero-order valence-corrected chi connectivity index (χ0v) is 19.9. The summed E-state index contributed by atoms with van der Waals surface area (Å²) in [5, 5.41) is 21.0. The molecule has 0 amide bonds. The Morgan fingerprint density at radius 1 is 1.21 bits per heavy atom. The van der Waals surface area contributed by atoms with Gasteiger partial charge < -0.3 is 52.0 Å². The van der Waals surface area contributed by atoms with E-state index in [0.717, 1.165) is 0 Å². The van der Waals surface area contributed by atoms with Crippen molar-refractivity contribution >= 4 is 59.4 Å². The molecule has 183 valence electrons.